The minimum absolute atomic E-state index is 0.193. The second-order valence-corrected chi connectivity index (χ2v) is 5.73. The summed E-state index contributed by atoms with van der Waals surface area (Å²) in [5.74, 6) is 0.686. The topological polar surface area (TPSA) is 22.0 Å². The molecule has 96 valence electrons. The summed E-state index contributed by atoms with van der Waals surface area (Å²) < 4.78 is 1.90. The molecular formula is C15H25NO. The van der Waals surface area contributed by atoms with Crippen LogP contribution < -0.4 is 5.56 Å². The fraction of sp³-hybridized carbons (Fsp3) is 0.667. The van der Waals surface area contributed by atoms with Crippen LogP contribution >= 0.6 is 0 Å². The Kier molecular flexibility index (Phi) is 4.18. The van der Waals surface area contributed by atoms with Gasteiger partial charge >= 0.3 is 0 Å². The van der Waals surface area contributed by atoms with Gasteiger partial charge in [0.15, 0.2) is 0 Å². The van der Waals surface area contributed by atoms with Gasteiger partial charge in [-0.05, 0) is 44.2 Å². The molecule has 0 amide bonds. The van der Waals surface area contributed by atoms with Crippen molar-refractivity contribution in [3.63, 3.8) is 0 Å². The van der Waals surface area contributed by atoms with E-state index in [4.69, 9.17) is 0 Å². The Labute approximate surface area is 105 Å². The SMILES string of the molecule is Cc1cc(C(C)C)c(C(C)C)c(=O)n1C(C)C. The minimum Gasteiger partial charge on any atom is -0.310 e. The lowest BCUT2D eigenvalue weighted by Crippen LogP contribution is -2.29. The van der Waals surface area contributed by atoms with Crippen molar-refractivity contribution in [2.24, 2.45) is 0 Å². The molecular weight excluding hydrogens is 210 g/mol. The first-order chi connectivity index (χ1) is 7.77. The van der Waals surface area contributed by atoms with Gasteiger partial charge in [0.25, 0.3) is 5.56 Å². The Morgan fingerprint density at radius 2 is 1.53 bits per heavy atom. The molecule has 1 aromatic heterocycles. The van der Waals surface area contributed by atoms with Crippen LogP contribution in [0.1, 0.15) is 76.2 Å². The highest BCUT2D eigenvalue weighted by molar-refractivity contribution is 5.32. The van der Waals surface area contributed by atoms with Crippen LogP contribution in [0, 0.1) is 6.92 Å². The van der Waals surface area contributed by atoms with E-state index in [-0.39, 0.29) is 17.5 Å². The van der Waals surface area contributed by atoms with Crippen molar-refractivity contribution < 1.29 is 0 Å². The van der Waals surface area contributed by atoms with Crippen LogP contribution in [-0.4, -0.2) is 4.57 Å². The first-order valence-electron chi connectivity index (χ1n) is 6.53. The van der Waals surface area contributed by atoms with E-state index in [1.165, 1.54) is 5.56 Å². The van der Waals surface area contributed by atoms with Gasteiger partial charge in [-0.2, -0.15) is 0 Å². The van der Waals surface area contributed by atoms with Gasteiger partial charge in [-0.3, -0.25) is 4.79 Å². The van der Waals surface area contributed by atoms with E-state index in [0.717, 1.165) is 11.3 Å². The maximum atomic E-state index is 12.6. The first kappa shape index (κ1) is 14.0. The predicted molar refractivity (Wildman–Crippen MR) is 74.0 cm³/mol. The number of aromatic nitrogens is 1. The highest BCUT2D eigenvalue weighted by Crippen LogP contribution is 2.25. The minimum atomic E-state index is 0.193. The molecule has 0 saturated carbocycles. The van der Waals surface area contributed by atoms with Crippen LogP contribution in [-0.2, 0) is 0 Å². The fourth-order valence-corrected chi connectivity index (χ4v) is 2.49. The molecule has 0 radical (unpaired) electrons. The molecule has 0 atom stereocenters. The molecule has 0 aliphatic heterocycles. The van der Waals surface area contributed by atoms with E-state index in [9.17, 15) is 4.79 Å². The van der Waals surface area contributed by atoms with Gasteiger partial charge in [-0.25, -0.2) is 0 Å². The largest absolute Gasteiger partial charge is 0.310 e. The van der Waals surface area contributed by atoms with Crippen LogP contribution in [0.5, 0.6) is 0 Å². The Hall–Kier alpha value is -1.05. The lowest BCUT2D eigenvalue weighted by molar-refractivity contribution is 0.549. The summed E-state index contributed by atoms with van der Waals surface area (Å²) in [5, 5.41) is 0. The highest BCUT2D eigenvalue weighted by atomic mass is 16.1. The van der Waals surface area contributed by atoms with E-state index in [1.807, 2.05) is 11.5 Å². The molecule has 0 aromatic carbocycles. The summed E-state index contributed by atoms with van der Waals surface area (Å²) >= 11 is 0. The van der Waals surface area contributed by atoms with Gasteiger partial charge in [-0.1, -0.05) is 27.7 Å². The van der Waals surface area contributed by atoms with Crippen molar-refractivity contribution in [1.82, 2.24) is 4.57 Å². The number of aryl methyl sites for hydroxylation is 1. The van der Waals surface area contributed by atoms with Crippen molar-refractivity contribution in [2.75, 3.05) is 0 Å². The van der Waals surface area contributed by atoms with Crippen LogP contribution in [0.15, 0.2) is 10.9 Å². The molecule has 0 fully saturated rings. The van der Waals surface area contributed by atoms with Gasteiger partial charge in [0, 0.05) is 17.3 Å². The van der Waals surface area contributed by atoms with Gasteiger partial charge in [0.1, 0.15) is 0 Å². The summed E-state index contributed by atoms with van der Waals surface area (Å²) in [5.41, 5.74) is 3.45. The summed E-state index contributed by atoms with van der Waals surface area (Å²) in [4.78, 5) is 12.6. The van der Waals surface area contributed by atoms with Crippen LogP contribution in [0.2, 0.25) is 0 Å². The standard InChI is InChI=1S/C15H25NO/c1-9(2)13-8-12(7)16(11(5)6)15(17)14(13)10(3)4/h8-11H,1-7H3. The van der Waals surface area contributed by atoms with Crippen LogP contribution in [0.25, 0.3) is 0 Å². The Morgan fingerprint density at radius 3 is 1.88 bits per heavy atom. The molecule has 2 nitrogen and oxygen atoms in total. The average Bonchev–Trinajstić information content (AvgIpc) is 2.14. The number of nitrogens with zero attached hydrogens (tertiary/aromatic N) is 1. The van der Waals surface area contributed by atoms with Crippen molar-refractivity contribution in [3.8, 4) is 0 Å². The lowest BCUT2D eigenvalue weighted by atomic mass is 9.91. The first-order valence-corrected chi connectivity index (χ1v) is 6.53. The third kappa shape index (κ3) is 2.62. The summed E-state index contributed by atoms with van der Waals surface area (Å²) in [7, 11) is 0. The molecule has 1 aromatic rings. The summed E-state index contributed by atoms with van der Waals surface area (Å²) in [6, 6.07) is 2.41. The normalized spacial score (nSPS) is 11.9. The molecule has 17 heavy (non-hydrogen) atoms. The Balaban J connectivity index is 3.65. The van der Waals surface area contributed by atoms with Crippen molar-refractivity contribution in [3.05, 3.63) is 33.2 Å². The van der Waals surface area contributed by atoms with Gasteiger partial charge in [-0.15, -0.1) is 0 Å². The van der Waals surface area contributed by atoms with Crippen LogP contribution in [0.3, 0.4) is 0 Å². The predicted octanol–water partition coefficient (Wildman–Crippen LogP) is 3.98. The van der Waals surface area contributed by atoms with E-state index >= 15 is 0 Å². The molecule has 1 rings (SSSR count). The molecule has 1 heterocycles. The zero-order valence-electron chi connectivity index (χ0n) is 12.2. The number of hydrogen-bond acceptors (Lipinski definition) is 1. The lowest BCUT2D eigenvalue weighted by Gasteiger charge is -2.22. The average molecular weight is 235 g/mol. The molecule has 0 spiro atoms. The summed E-state index contributed by atoms with van der Waals surface area (Å²) in [6.45, 7) is 14.7. The van der Waals surface area contributed by atoms with Crippen molar-refractivity contribution in [1.29, 1.82) is 0 Å². The van der Waals surface area contributed by atoms with E-state index in [2.05, 4.69) is 47.6 Å². The van der Waals surface area contributed by atoms with Crippen LogP contribution in [0.4, 0.5) is 0 Å². The molecule has 0 bridgehead atoms. The zero-order chi connectivity index (χ0) is 13.3. The smallest absolute Gasteiger partial charge is 0.254 e. The van der Waals surface area contributed by atoms with E-state index in [0.29, 0.717) is 5.92 Å². The second kappa shape index (κ2) is 5.07. The Morgan fingerprint density at radius 1 is 1.00 bits per heavy atom. The van der Waals surface area contributed by atoms with Crippen molar-refractivity contribution in [2.45, 2.75) is 66.3 Å². The molecule has 0 aliphatic carbocycles. The molecule has 0 unspecified atom stereocenters. The van der Waals surface area contributed by atoms with Gasteiger partial charge in [0.05, 0.1) is 0 Å². The molecule has 2 heteroatoms. The third-order valence-corrected chi connectivity index (χ3v) is 3.22. The third-order valence-electron chi connectivity index (χ3n) is 3.22. The van der Waals surface area contributed by atoms with E-state index in [1.54, 1.807) is 0 Å². The molecule has 0 N–H and O–H groups in total. The summed E-state index contributed by atoms with van der Waals surface area (Å²) in [6.07, 6.45) is 0. The Bertz CT molecular complexity index is 453. The zero-order valence-corrected chi connectivity index (χ0v) is 12.2. The molecule has 0 saturated heterocycles. The fourth-order valence-electron chi connectivity index (χ4n) is 2.49. The van der Waals surface area contributed by atoms with Crippen molar-refractivity contribution >= 4 is 0 Å². The maximum absolute atomic E-state index is 12.6. The second-order valence-electron chi connectivity index (χ2n) is 5.73. The number of rotatable bonds is 3. The number of pyridine rings is 1. The monoisotopic (exact) mass is 235 g/mol. The van der Waals surface area contributed by atoms with E-state index < -0.39 is 0 Å². The quantitative estimate of drug-likeness (QED) is 0.776. The molecule has 0 aliphatic rings. The number of hydrogen-bond donors (Lipinski definition) is 0. The highest BCUT2D eigenvalue weighted by Gasteiger charge is 2.18. The van der Waals surface area contributed by atoms with Gasteiger partial charge in [0.2, 0.25) is 0 Å². The van der Waals surface area contributed by atoms with Gasteiger partial charge < -0.3 is 4.57 Å². The maximum Gasteiger partial charge on any atom is 0.254 e.